The number of hydrogen-bond donors (Lipinski definition) is 0. The largest absolute Gasteiger partial charge is 0.497 e. The number of benzene rings is 2. The molecule has 166 valence electrons. The van der Waals surface area contributed by atoms with Gasteiger partial charge in [0.15, 0.2) is 0 Å². The summed E-state index contributed by atoms with van der Waals surface area (Å²) in [7, 11) is 1.59. The van der Waals surface area contributed by atoms with Crippen LogP contribution in [-0.2, 0) is 20.9 Å². The van der Waals surface area contributed by atoms with Gasteiger partial charge in [-0.1, -0.05) is 38.1 Å². The van der Waals surface area contributed by atoms with E-state index >= 15 is 0 Å². The third-order valence-corrected chi connectivity index (χ3v) is 5.51. The van der Waals surface area contributed by atoms with E-state index in [2.05, 4.69) is 6.07 Å². The van der Waals surface area contributed by atoms with E-state index in [1.54, 1.807) is 37.1 Å². The third-order valence-electron chi connectivity index (χ3n) is 5.51. The number of methoxy groups -OCH3 is 1. The molecule has 2 aromatic carbocycles. The van der Waals surface area contributed by atoms with Gasteiger partial charge in [0.05, 0.1) is 37.5 Å². The first kappa shape index (κ1) is 23.1. The van der Waals surface area contributed by atoms with Crippen molar-refractivity contribution in [1.82, 2.24) is 4.90 Å². The van der Waals surface area contributed by atoms with Crippen LogP contribution in [0, 0.1) is 17.2 Å². The van der Waals surface area contributed by atoms with Gasteiger partial charge in [0.1, 0.15) is 5.75 Å². The number of rotatable bonds is 7. The standard InChI is InChI=1S/C26H28N2O4/c1-17(2)16-32-26(30)25-18(3)28(15-20-7-5-6-19(12-20)14-27)24(29)13-23(25)21-8-10-22(31-4)11-9-21/h5-12,17,23H,13,15-16H2,1-4H3. The molecule has 0 bridgehead atoms. The molecule has 0 N–H and O–H groups in total. The van der Waals surface area contributed by atoms with Gasteiger partial charge in [-0.2, -0.15) is 5.26 Å². The molecule has 0 saturated carbocycles. The van der Waals surface area contributed by atoms with Crippen LogP contribution in [0.4, 0.5) is 0 Å². The van der Waals surface area contributed by atoms with E-state index in [-0.39, 0.29) is 24.8 Å². The van der Waals surface area contributed by atoms with Gasteiger partial charge in [-0.3, -0.25) is 4.79 Å². The van der Waals surface area contributed by atoms with Gasteiger partial charge >= 0.3 is 5.97 Å². The summed E-state index contributed by atoms with van der Waals surface area (Å²) in [6.45, 7) is 6.34. The van der Waals surface area contributed by atoms with E-state index in [9.17, 15) is 14.9 Å². The Balaban J connectivity index is 2.00. The molecule has 1 unspecified atom stereocenters. The lowest BCUT2D eigenvalue weighted by molar-refractivity contribution is -0.141. The molecule has 3 rings (SSSR count). The topological polar surface area (TPSA) is 79.6 Å². The Kier molecular flexibility index (Phi) is 7.32. The number of amides is 1. The molecule has 1 atom stereocenters. The third kappa shape index (κ3) is 5.17. The van der Waals surface area contributed by atoms with Gasteiger partial charge in [0.25, 0.3) is 0 Å². The molecule has 2 aromatic rings. The zero-order valence-corrected chi connectivity index (χ0v) is 18.9. The molecule has 1 amide bonds. The van der Waals surface area contributed by atoms with Crippen LogP contribution in [0.15, 0.2) is 59.8 Å². The summed E-state index contributed by atoms with van der Waals surface area (Å²) in [5.74, 6) is 0.0370. The van der Waals surface area contributed by atoms with E-state index in [4.69, 9.17) is 9.47 Å². The number of hydrogen-bond acceptors (Lipinski definition) is 5. The highest BCUT2D eigenvalue weighted by Gasteiger charge is 2.37. The summed E-state index contributed by atoms with van der Waals surface area (Å²) in [6, 6.07) is 16.7. The number of carbonyl (C=O) groups excluding carboxylic acids is 2. The fourth-order valence-electron chi connectivity index (χ4n) is 3.83. The Morgan fingerprint density at radius 2 is 1.94 bits per heavy atom. The molecule has 0 spiro atoms. The summed E-state index contributed by atoms with van der Waals surface area (Å²) in [4.78, 5) is 27.9. The first-order chi connectivity index (χ1) is 15.3. The van der Waals surface area contributed by atoms with Crippen molar-refractivity contribution >= 4 is 11.9 Å². The van der Waals surface area contributed by atoms with Gasteiger partial charge in [-0.25, -0.2) is 4.79 Å². The second-order valence-corrected chi connectivity index (χ2v) is 8.31. The van der Waals surface area contributed by atoms with Crippen molar-refractivity contribution in [1.29, 1.82) is 5.26 Å². The number of nitrogens with zero attached hydrogens (tertiary/aromatic N) is 2. The van der Waals surface area contributed by atoms with Crippen LogP contribution in [0.1, 0.15) is 49.8 Å². The molecule has 0 aromatic heterocycles. The first-order valence-corrected chi connectivity index (χ1v) is 10.6. The average Bonchev–Trinajstić information content (AvgIpc) is 2.80. The van der Waals surface area contributed by atoms with E-state index in [0.717, 1.165) is 11.1 Å². The first-order valence-electron chi connectivity index (χ1n) is 10.6. The van der Waals surface area contributed by atoms with Gasteiger partial charge in [0, 0.05) is 18.0 Å². The lowest BCUT2D eigenvalue weighted by Gasteiger charge is -2.34. The lowest BCUT2D eigenvalue weighted by Crippen LogP contribution is -2.38. The van der Waals surface area contributed by atoms with E-state index < -0.39 is 11.9 Å². The van der Waals surface area contributed by atoms with Gasteiger partial charge in [-0.05, 0) is 48.2 Å². The molecular weight excluding hydrogens is 404 g/mol. The highest BCUT2D eigenvalue weighted by molar-refractivity contribution is 5.95. The Labute approximate surface area is 189 Å². The van der Waals surface area contributed by atoms with Crippen molar-refractivity contribution in [3.63, 3.8) is 0 Å². The lowest BCUT2D eigenvalue weighted by atomic mass is 9.83. The Bertz CT molecular complexity index is 1060. The molecule has 1 aliphatic heterocycles. The smallest absolute Gasteiger partial charge is 0.336 e. The maximum absolute atomic E-state index is 13.2. The van der Waals surface area contributed by atoms with Crippen LogP contribution < -0.4 is 4.74 Å². The fraction of sp³-hybridized carbons (Fsp3) is 0.346. The molecule has 1 aliphatic rings. The van der Waals surface area contributed by atoms with Crippen LogP contribution in [-0.4, -0.2) is 30.5 Å². The minimum atomic E-state index is -0.403. The fourth-order valence-corrected chi connectivity index (χ4v) is 3.83. The Hall–Kier alpha value is -3.59. The number of ether oxygens (including phenoxy) is 2. The molecule has 0 fully saturated rings. The second-order valence-electron chi connectivity index (χ2n) is 8.31. The molecule has 32 heavy (non-hydrogen) atoms. The van der Waals surface area contributed by atoms with Gasteiger partial charge in [-0.15, -0.1) is 0 Å². The van der Waals surface area contributed by atoms with Crippen LogP contribution in [0.3, 0.4) is 0 Å². The quantitative estimate of drug-likeness (QED) is 0.600. The predicted molar refractivity (Wildman–Crippen MR) is 121 cm³/mol. The summed E-state index contributed by atoms with van der Waals surface area (Å²) in [5.41, 5.74) is 3.29. The van der Waals surface area contributed by atoms with Crippen LogP contribution in [0.25, 0.3) is 0 Å². The number of esters is 1. The molecule has 6 heteroatoms. The normalized spacial score (nSPS) is 16.2. The van der Waals surface area contributed by atoms with E-state index in [0.29, 0.717) is 29.2 Å². The highest BCUT2D eigenvalue weighted by Crippen LogP contribution is 2.38. The summed E-state index contributed by atoms with van der Waals surface area (Å²) >= 11 is 0. The Morgan fingerprint density at radius 1 is 1.22 bits per heavy atom. The summed E-state index contributed by atoms with van der Waals surface area (Å²) < 4.78 is 10.8. The molecule has 0 aliphatic carbocycles. The number of allylic oxidation sites excluding steroid dienone is 1. The van der Waals surface area contributed by atoms with Crippen molar-refractivity contribution in [2.24, 2.45) is 5.92 Å². The molecular formula is C26H28N2O4. The molecule has 0 saturated heterocycles. The van der Waals surface area contributed by atoms with Crippen LogP contribution in [0.2, 0.25) is 0 Å². The minimum absolute atomic E-state index is 0.0777. The number of carbonyl (C=O) groups is 2. The van der Waals surface area contributed by atoms with Crippen molar-refractivity contribution in [3.05, 3.63) is 76.5 Å². The van der Waals surface area contributed by atoms with Crippen molar-refractivity contribution in [2.75, 3.05) is 13.7 Å². The van der Waals surface area contributed by atoms with Crippen molar-refractivity contribution in [3.8, 4) is 11.8 Å². The zero-order valence-electron chi connectivity index (χ0n) is 18.9. The van der Waals surface area contributed by atoms with Gasteiger partial charge in [0.2, 0.25) is 5.91 Å². The SMILES string of the molecule is COc1ccc(C2CC(=O)N(Cc3cccc(C#N)c3)C(C)=C2C(=O)OCC(C)C)cc1. The maximum atomic E-state index is 13.2. The van der Waals surface area contributed by atoms with E-state index in [1.807, 2.05) is 44.2 Å². The van der Waals surface area contributed by atoms with Crippen molar-refractivity contribution in [2.45, 2.75) is 39.7 Å². The molecule has 6 nitrogen and oxygen atoms in total. The molecule has 1 heterocycles. The maximum Gasteiger partial charge on any atom is 0.336 e. The van der Waals surface area contributed by atoms with Crippen LogP contribution in [0.5, 0.6) is 5.75 Å². The minimum Gasteiger partial charge on any atom is -0.497 e. The monoisotopic (exact) mass is 432 g/mol. The summed E-state index contributed by atoms with van der Waals surface area (Å²) in [5, 5.41) is 9.18. The zero-order chi connectivity index (χ0) is 23.3. The van der Waals surface area contributed by atoms with Crippen LogP contribution >= 0.6 is 0 Å². The predicted octanol–water partition coefficient (Wildman–Crippen LogP) is 4.56. The highest BCUT2D eigenvalue weighted by atomic mass is 16.5. The van der Waals surface area contributed by atoms with E-state index in [1.165, 1.54) is 0 Å². The molecule has 0 radical (unpaired) electrons. The number of nitriles is 1. The Morgan fingerprint density at radius 3 is 2.56 bits per heavy atom. The van der Waals surface area contributed by atoms with Crippen molar-refractivity contribution < 1.29 is 19.1 Å². The summed E-state index contributed by atoms with van der Waals surface area (Å²) in [6.07, 6.45) is 0.160. The second kappa shape index (κ2) is 10.1. The average molecular weight is 433 g/mol. The van der Waals surface area contributed by atoms with Gasteiger partial charge < -0.3 is 14.4 Å².